The monoisotopic (exact) mass is 71.0 g/mol. The molecule has 1 saturated heterocycles. The van der Waals surface area contributed by atoms with Crippen molar-refractivity contribution in [2.24, 2.45) is 0 Å². The van der Waals surface area contributed by atoms with Crippen molar-refractivity contribution in [3.8, 4) is 0 Å². The highest BCUT2D eigenvalue weighted by Gasteiger charge is 2.27. The van der Waals surface area contributed by atoms with E-state index in [1.165, 1.54) is 0 Å². The lowest BCUT2D eigenvalue weighted by molar-refractivity contribution is 0.399. The van der Waals surface area contributed by atoms with Crippen LogP contribution < -0.4 is 0 Å². The number of ether oxygens (including phenoxy) is 1. The summed E-state index contributed by atoms with van der Waals surface area (Å²) in [7, 11) is 0. The van der Waals surface area contributed by atoms with Crippen LogP contribution in [0, 0.1) is 6.92 Å². The molecule has 0 aromatic rings. The molecule has 1 aliphatic rings. The summed E-state index contributed by atoms with van der Waals surface area (Å²) in [5, 5.41) is 0. The molecule has 1 fully saturated rings. The molecule has 0 aromatic heterocycles. The van der Waals surface area contributed by atoms with Gasteiger partial charge in [-0.25, -0.2) is 0 Å². The molecule has 1 nitrogen and oxygen atoms in total. The maximum absolute atomic E-state index is 4.81. The summed E-state index contributed by atoms with van der Waals surface area (Å²) >= 11 is 0. The first-order valence-electron chi connectivity index (χ1n) is 1.79. The minimum absolute atomic E-state index is 0.301. The number of hydrogen-bond acceptors (Lipinski definition) is 1. The Morgan fingerprint density at radius 3 is 2.00 bits per heavy atom. The zero-order valence-corrected chi connectivity index (χ0v) is 3.27. The maximum atomic E-state index is 4.81. The van der Waals surface area contributed by atoms with E-state index in [0.29, 0.717) is 12.2 Å². The summed E-state index contributed by atoms with van der Waals surface area (Å²) in [5.74, 6) is 0. The van der Waals surface area contributed by atoms with E-state index in [1.54, 1.807) is 0 Å². The van der Waals surface area contributed by atoms with Crippen LogP contribution in [0.5, 0.6) is 0 Å². The van der Waals surface area contributed by atoms with Gasteiger partial charge in [-0.1, -0.05) is 0 Å². The second-order valence-electron chi connectivity index (χ2n) is 1.38. The molecule has 5 heavy (non-hydrogen) atoms. The third-order valence-corrected chi connectivity index (χ3v) is 0.836. The number of epoxide rings is 1. The molecule has 29 valence electrons. The van der Waals surface area contributed by atoms with Gasteiger partial charge in [-0.05, 0) is 13.8 Å². The Labute approximate surface area is 31.9 Å². The largest absolute Gasteiger partial charge is 0.370 e. The molecule has 0 aromatic carbocycles. The fourth-order valence-corrected chi connectivity index (χ4v) is 0.230. The lowest BCUT2D eigenvalue weighted by Crippen LogP contribution is -1.74. The Morgan fingerprint density at radius 2 is 2.00 bits per heavy atom. The molecule has 2 unspecified atom stereocenters. The minimum atomic E-state index is 0.301. The third kappa shape index (κ3) is 0.428. The molecule has 0 aliphatic carbocycles. The fraction of sp³-hybridized carbons (Fsp3) is 0.750. The molecule has 0 spiro atoms. The molecular formula is C4H7O. The van der Waals surface area contributed by atoms with Crippen LogP contribution in [-0.4, -0.2) is 12.2 Å². The molecule has 1 rings (SSSR count). The Balaban J connectivity index is 2.20. The second kappa shape index (κ2) is 0.716. The number of rotatable bonds is 0. The third-order valence-electron chi connectivity index (χ3n) is 0.836. The summed E-state index contributed by atoms with van der Waals surface area (Å²) in [6.45, 7) is 5.62. The zero-order valence-electron chi connectivity index (χ0n) is 3.27. The van der Waals surface area contributed by atoms with Gasteiger partial charge in [-0.3, -0.25) is 0 Å². The molecule has 1 heteroatoms. The SMILES string of the molecule is [CH2]C1OC1C. The predicted octanol–water partition coefficient (Wildman–Crippen LogP) is 0.608. The molecular weight excluding hydrogens is 64.0 g/mol. The first kappa shape index (κ1) is 3.16. The molecule has 0 N–H and O–H groups in total. The van der Waals surface area contributed by atoms with Crippen molar-refractivity contribution in [3.05, 3.63) is 6.92 Å². The molecule has 1 aliphatic heterocycles. The van der Waals surface area contributed by atoms with Crippen molar-refractivity contribution in [1.29, 1.82) is 0 Å². The van der Waals surface area contributed by atoms with Crippen LogP contribution in [0.25, 0.3) is 0 Å². The maximum Gasteiger partial charge on any atom is 0.0840 e. The van der Waals surface area contributed by atoms with E-state index >= 15 is 0 Å². The summed E-state index contributed by atoms with van der Waals surface area (Å²) in [4.78, 5) is 0. The van der Waals surface area contributed by atoms with Crippen LogP contribution in [-0.2, 0) is 4.74 Å². The summed E-state index contributed by atoms with van der Waals surface area (Å²) < 4.78 is 4.81. The smallest absolute Gasteiger partial charge is 0.0840 e. The summed E-state index contributed by atoms with van der Waals surface area (Å²) in [6.07, 6.45) is 0.741. The first-order valence-corrected chi connectivity index (χ1v) is 1.79. The van der Waals surface area contributed by atoms with Crippen LogP contribution in [0.3, 0.4) is 0 Å². The highest BCUT2D eigenvalue weighted by molar-refractivity contribution is 4.81. The molecule has 0 saturated carbocycles. The van der Waals surface area contributed by atoms with E-state index in [1.807, 2.05) is 6.92 Å². The first-order chi connectivity index (χ1) is 2.30. The van der Waals surface area contributed by atoms with Crippen molar-refractivity contribution < 1.29 is 4.74 Å². The Kier molecular flexibility index (Phi) is 0.453. The van der Waals surface area contributed by atoms with E-state index in [4.69, 9.17) is 4.74 Å². The van der Waals surface area contributed by atoms with Gasteiger partial charge >= 0.3 is 0 Å². The molecule has 2 atom stereocenters. The Hall–Kier alpha value is -0.0400. The predicted molar refractivity (Wildman–Crippen MR) is 19.7 cm³/mol. The van der Waals surface area contributed by atoms with Gasteiger partial charge in [-0.2, -0.15) is 0 Å². The van der Waals surface area contributed by atoms with Gasteiger partial charge in [0.25, 0.3) is 0 Å². The Bertz CT molecular complexity index is 36.9. The fourth-order valence-electron chi connectivity index (χ4n) is 0.230. The second-order valence-corrected chi connectivity index (χ2v) is 1.38. The van der Waals surface area contributed by atoms with Crippen LogP contribution in [0.1, 0.15) is 6.92 Å². The van der Waals surface area contributed by atoms with Gasteiger partial charge in [0, 0.05) is 0 Å². The molecule has 1 heterocycles. The van der Waals surface area contributed by atoms with Crippen molar-refractivity contribution in [2.45, 2.75) is 19.1 Å². The highest BCUT2D eigenvalue weighted by Crippen LogP contribution is 2.17. The van der Waals surface area contributed by atoms with Crippen molar-refractivity contribution in [3.63, 3.8) is 0 Å². The summed E-state index contributed by atoms with van der Waals surface area (Å²) in [6, 6.07) is 0. The highest BCUT2D eigenvalue weighted by atomic mass is 16.6. The lowest BCUT2D eigenvalue weighted by Gasteiger charge is -1.57. The standard InChI is InChI=1S/C4H7O/c1-3-4(2)5-3/h3-4H,1H2,2H3. The van der Waals surface area contributed by atoms with Crippen molar-refractivity contribution >= 4 is 0 Å². The topological polar surface area (TPSA) is 12.5 Å². The van der Waals surface area contributed by atoms with Gasteiger partial charge < -0.3 is 4.74 Å². The van der Waals surface area contributed by atoms with E-state index < -0.39 is 0 Å². The van der Waals surface area contributed by atoms with Crippen LogP contribution in [0.4, 0.5) is 0 Å². The average Bonchev–Trinajstić information content (AvgIpc) is 1.79. The van der Waals surface area contributed by atoms with Crippen LogP contribution >= 0.6 is 0 Å². The van der Waals surface area contributed by atoms with E-state index in [0.717, 1.165) is 0 Å². The van der Waals surface area contributed by atoms with Crippen molar-refractivity contribution in [1.82, 2.24) is 0 Å². The van der Waals surface area contributed by atoms with Gasteiger partial charge in [0.2, 0.25) is 0 Å². The quantitative estimate of drug-likeness (QED) is 0.381. The lowest BCUT2D eigenvalue weighted by atomic mass is 10.4. The van der Waals surface area contributed by atoms with E-state index in [9.17, 15) is 0 Å². The average molecular weight is 71.1 g/mol. The zero-order chi connectivity index (χ0) is 3.86. The Morgan fingerprint density at radius 1 is 1.80 bits per heavy atom. The molecule has 0 bridgehead atoms. The normalized spacial score (nSPS) is 49.2. The van der Waals surface area contributed by atoms with E-state index in [2.05, 4.69) is 6.92 Å². The molecule has 0 amide bonds. The van der Waals surface area contributed by atoms with E-state index in [-0.39, 0.29) is 0 Å². The van der Waals surface area contributed by atoms with Gasteiger partial charge in [0.05, 0.1) is 12.2 Å². The van der Waals surface area contributed by atoms with Crippen LogP contribution in [0.2, 0.25) is 0 Å². The summed E-state index contributed by atoms with van der Waals surface area (Å²) in [5.41, 5.74) is 0. The van der Waals surface area contributed by atoms with Crippen molar-refractivity contribution in [2.75, 3.05) is 0 Å². The van der Waals surface area contributed by atoms with Gasteiger partial charge in [0.1, 0.15) is 0 Å². The van der Waals surface area contributed by atoms with Gasteiger partial charge in [-0.15, -0.1) is 0 Å². The minimum Gasteiger partial charge on any atom is -0.370 e. The number of hydrogen-bond donors (Lipinski definition) is 0. The molecule has 1 radical (unpaired) electrons. The van der Waals surface area contributed by atoms with Gasteiger partial charge in [0.15, 0.2) is 0 Å². The van der Waals surface area contributed by atoms with Crippen LogP contribution in [0.15, 0.2) is 0 Å².